The number of nitrogens with one attached hydrogen (secondary N) is 1. The highest BCUT2D eigenvalue weighted by atomic mass is 35.5. The van der Waals surface area contributed by atoms with Gasteiger partial charge in [0.15, 0.2) is 0 Å². The van der Waals surface area contributed by atoms with Gasteiger partial charge in [-0.2, -0.15) is 0 Å². The van der Waals surface area contributed by atoms with Gasteiger partial charge in [-0.1, -0.05) is 26.7 Å². The molecule has 3 nitrogen and oxygen atoms in total. The van der Waals surface area contributed by atoms with Crippen LogP contribution in [0.25, 0.3) is 0 Å². The number of ether oxygens (including phenoxy) is 1. The lowest BCUT2D eigenvalue weighted by Gasteiger charge is -2.24. The monoisotopic (exact) mass is 261 g/mol. The molecule has 0 aromatic carbocycles. The summed E-state index contributed by atoms with van der Waals surface area (Å²) in [6.07, 6.45) is 3.81. The smallest absolute Gasteiger partial charge is 0.223 e. The van der Waals surface area contributed by atoms with E-state index in [4.69, 9.17) is 16.3 Å². The normalized spacial score (nSPS) is 19.3. The third-order valence-corrected chi connectivity index (χ3v) is 4.13. The molecule has 1 unspecified atom stereocenters. The molecule has 0 spiro atoms. The molecule has 1 atom stereocenters. The van der Waals surface area contributed by atoms with Crippen molar-refractivity contribution in [3.63, 3.8) is 0 Å². The van der Waals surface area contributed by atoms with Crippen molar-refractivity contribution < 1.29 is 9.53 Å². The molecule has 0 aromatic heterocycles. The average molecular weight is 262 g/mol. The highest BCUT2D eigenvalue weighted by Crippen LogP contribution is 2.19. The van der Waals surface area contributed by atoms with E-state index in [0.29, 0.717) is 25.7 Å². The van der Waals surface area contributed by atoms with Crippen LogP contribution in [0.3, 0.4) is 0 Å². The van der Waals surface area contributed by atoms with Gasteiger partial charge in [-0.05, 0) is 18.8 Å². The molecule has 1 heterocycles. The third kappa shape index (κ3) is 4.84. The van der Waals surface area contributed by atoms with E-state index >= 15 is 0 Å². The zero-order valence-corrected chi connectivity index (χ0v) is 11.6. The summed E-state index contributed by atoms with van der Waals surface area (Å²) in [5, 5.41) is 3.02. The topological polar surface area (TPSA) is 38.3 Å². The summed E-state index contributed by atoms with van der Waals surface area (Å²) < 4.78 is 5.24. The summed E-state index contributed by atoms with van der Waals surface area (Å²) >= 11 is 6.29. The van der Waals surface area contributed by atoms with Crippen LogP contribution in [-0.4, -0.2) is 31.0 Å². The minimum absolute atomic E-state index is 0.0498. The van der Waals surface area contributed by atoms with Crippen LogP contribution in [0.1, 0.15) is 39.5 Å². The number of hydrogen-bond acceptors (Lipinski definition) is 2. The number of carbonyl (C=O) groups is 1. The molecule has 17 heavy (non-hydrogen) atoms. The van der Waals surface area contributed by atoms with Crippen LogP contribution in [0.4, 0.5) is 0 Å². The molecule has 1 aliphatic heterocycles. The zero-order chi connectivity index (χ0) is 12.7. The van der Waals surface area contributed by atoms with Gasteiger partial charge >= 0.3 is 0 Å². The molecule has 0 saturated carbocycles. The maximum Gasteiger partial charge on any atom is 0.223 e. The summed E-state index contributed by atoms with van der Waals surface area (Å²) in [6.45, 7) is 6.28. The van der Waals surface area contributed by atoms with Gasteiger partial charge in [-0.25, -0.2) is 0 Å². The van der Waals surface area contributed by atoms with Crippen LogP contribution in [0.5, 0.6) is 0 Å². The molecule has 4 heteroatoms. The lowest BCUT2D eigenvalue weighted by Crippen LogP contribution is -2.38. The van der Waals surface area contributed by atoms with Crippen LogP contribution < -0.4 is 5.32 Å². The van der Waals surface area contributed by atoms with Gasteiger partial charge in [0.05, 0.1) is 5.38 Å². The van der Waals surface area contributed by atoms with Crippen LogP contribution in [-0.2, 0) is 9.53 Å². The van der Waals surface area contributed by atoms with Crippen LogP contribution in [0.2, 0.25) is 0 Å². The standard InChI is InChI=1S/C13H24ClNO2/c1-3-10(4-2)12(14)9-15-13(16)11-5-7-17-8-6-11/h10-12H,3-9H2,1-2H3,(H,15,16). The summed E-state index contributed by atoms with van der Waals surface area (Å²) in [6, 6.07) is 0. The quantitative estimate of drug-likeness (QED) is 0.747. The van der Waals surface area contributed by atoms with Crippen molar-refractivity contribution in [2.75, 3.05) is 19.8 Å². The third-order valence-electron chi connectivity index (χ3n) is 3.62. The number of rotatable bonds is 6. The van der Waals surface area contributed by atoms with E-state index in [0.717, 1.165) is 25.7 Å². The molecule has 0 aliphatic carbocycles. The Bertz CT molecular complexity index is 225. The first-order valence-corrected chi connectivity index (χ1v) is 7.12. The molecule has 0 bridgehead atoms. The summed E-state index contributed by atoms with van der Waals surface area (Å²) in [7, 11) is 0. The maximum absolute atomic E-state index is 11.9. The van der Waals surface area contributed by atoms with Crippen LogP contribution in [0, 0.1) is 11.8 Å². The van der Waals surface area contributed by atoms with Gasteiger partial charge in [0.25, 0.3) is 0 Å². The second-order valence-corrected chi connectivity index (χ2v) is 5.28. The minimum Gasteiger partial charge on any atom is -0.381 e. The van der Waals surface area contributed by atoms with E-state index < -0.39 is 0 Å². The van der Waals surface area contributed by atoms with E-state index in [1.807, 2.05) is 0 Å². The van der Waals surface area contributed by atoms with E-state index in [1.165, 1.54) is 0 Å². The van der Waals surface area contributed by atoms with Crippen molar-refractivity contribution in [3.05, 3.63) is 0 Å². The second kappa shape index (κ2) is 7.93. The van der Waals surface area contributed by atoms with Crippen molar-refractivity contribution in [2.45, 2.75) is 44.9 Å². The summed E-state index contributed by atoms with van der Waals surface area (Å²) in [4.78, 5) is 11.9. The van der Waals surface area contributed by atoms with Crippen molar-refractivity contribution in [3.8, 4) is 0 Å². The number of amides is 1. The number of hydrogen-bond donors (Lipinski definition) is 1. The van der Waals surface area contributed by atoms with Gasteiger partial charge in [-0.15, -0.1) is 11.6 Å². The Balaban J connectivity index is 2.26. The molecule has 1 fully saturated rings. The minimum atomic E-state index is 0.0498. The van der Waals surface area contributed by atoms with Gasteiger partial charge in [0.2, 0.25) is 5.91 Å². The first-order chi connectivity index (χ1) is 8.19. The fourth-order valence-electron chi connectivity index (χ4n) is 2.27. The molecular formula is C13H24ClNO2. The van der Waals surface area contributed by atoms with Crippen LogP contribution >= 0.6 is 11.6 Å². The van der Waals surface area contributed by atoms with Crippen molar-refractivity contribution in [2.24, 2.45) is 11.8 Å². The van der Waals surface area contributed by atoms with Crippen molar-refractivity contribution >= 4 is 17.5 Å². The number of carbonyl (C=O) groups excluding carboxylic acids is 1. The SMILES string of the molecule is CCC(CC)C(Cl)CNC(=O)C1CCOCC1. The Labute approximate surface area is 109 Å². The zero-order valence-electron chi connectivity index (χ0n) is 10.9. The van der Waals surface area contributed by atoms with E-state index in [-0.39, 0.29) is 17.2 Å². The molecule has 1 amide bonds. The van der Waals surface area contributed by atoms with Crippen LogP contribution in [0.15, 0.2) is 0 Å². The van der Waals surface area contributed by atoms with E-state index in [1.54, 1.807) is 0 Å². The molecule has 0 radical (unpaired) electrons. The molecule has 1 rings (SSSR count). The fraction of sp³-hybridized carbons (Fsp3) is 0.923. The molecule has 1 saturated heterocycles. The highest BCUT2D eigenvalue weighted by Gasteiger charge is 2.23. The molecule has 1 aliphatic rings. The first-order valence-electron chi connectivity index (χ1n) is 6.68. The van der Waals surface area contributed by atoms with E-state index in [9.17, 15) is 4.79 Å². The predicted octanol–water partition coefficient (Wildman–Crippen LogP) is 2.57. The largest absolute Gasteiger partial charge is 0.381 e. The Kier molecular flexibility index (Phi) is 6.90. The van der Waals surface area contributed by atoms with Gasteiger partial charge in [0.1, 0.15) is 0 Å². The molecular weight excluding hydrogens is 238 g/mol. The summed E-state index contributed by atoms with van der Waals surface area (Å²) in [5.41, 5.74) is 0. The lowest BCUT2D eigenvalue weighted by atomic mass is 9.97. The van der Waals surface area contributed by atoms with Gasteiger partial charge in [-0.3, -0.25) is 4.79 Å². The van der Waals surface area contributed by atoms with Gasteiger partial charge in [0, 0.05) is 25.7 Å². The predicted molar refractivity (Wildman–Crippen MR) is 70.3 cm³/mol. The lowest BCUT2D eigenvalue weighted by molar-refractivity contribution is -0.127. The number of halogens is 1. The molecule has 1 N–H and O–H groups in total. The second-order valence-electron chi connectivity index (χ2n) is 4.72. The Morgan fingerprint density at radius 1 is 1.35 bits per heavy atom. The fourth-order valence-corrected chi connectivity index (χ4v) is 2.70. The number of alkyl halides is 1. The maximum atomic E-state index is 11.9. The first kappa shape index (κ1) is 14.8. The highest BCUT2D eigenvalue weighted by molar-refractivity contribution is 6.21. The Morgan fingerprint density at radius 3 is 2.47 bits per heavy atom. The van der Waals surface area contributed by atoms with E-state index in [2.05, 4.69) is 19.2 Å². The average Bonchev–Trinajstić information content (AvgIpc) is 2.38. The Hall–Kier alpha value is -0.280. The molecule has 0 aromatic rings. The Morgan fingerprint density at radius 2 is 1.94 bits per heavy atom. The van der Waals surface area contributed by atoms with Crippen molar-refractivity contribution in [1.29, 1.82) is 0 Å². The van der Waals surface area contributed by atoms with Crippen molar-refractivity contribution in [1.82, 2.24) is 5.32 Å². The van der Waals surface area contributed by atoms with Gasteiger partial charge < -0.3 is 10.1 Å². The molecule has 100 valence electrons. The summed E-state index contributed by atoms with van der Waals surface area (Å²) in [5.74, 6) is 0.755.